The lowest BCUT2D eigenvalue weighted by Crippen LogP contribution is -2.41. The Morgan fingerprint density at radius 2 is 2.35 bits per heavy atom. The molecule has 1 aliphatic heterocycles. The Hall–Kier alpha value is 0.340. The maximum atomic E-state index is 12.7. The van der Waals surface area contributed by atoms with Gasteiger partial charge in [-0.25, -0.2) is 8.42 Å². The molecule has 0 amide bonds. The molecule has 0 aliphatic carbocycles. The molecule has 20 heavy (non-hydrogen) atoms. The van der Waals surface area contributed by atoms with Gasteiger partial charge in [-0.05, 0) is 47.8 Å². The average Bonchev–Trinajstić information content (AvgIpc) is 3.00. The standard InChI is InChI=1S/C12H18BrClN2O2S2/c1-2-6-16(8-9-4-3-5-15-9)20(17,18)11-7-10(14)12(13)19-11/h7,9,15H,2-6,8H2,1H3. The van der Waals surface area contributed by atoms with Crippen molar-refractivity contribution in [2.75, 3.05) is 19.6 Å². The SMILES string of the molecule is CCCN(CC1CCCN1)S(=O)(=O)c1cc(Cl)c(Br)s1. The monoisotopic (exact) mass is 400 g/mol. The van der Waals surface area contributed by atoms with Crippen molar-refractivity contribution in [2.45, 2.75) is 36.4 Å². The Labute approximate surface area is 137 Å². The number of thiophene rings is 1. The van der Waals surface area contributed by atoms with Gasteiger partial charge in [-0.1, -0.05) is 18.5 Å². The van der Waals surface area contributed by atoms with Crippen LogP contribution in [-0.4, -0.2) is 38.4 Å². The van der Waals surface area contributed by atoms with Gasteiger partial charge in [0.1, 0.15) is 4.21 Å². The number of halogens is 2. The first-order valence-corrected chi connectivity index (χ1v) is 10.1. The van der Waals surface area contributed by atoms with Gasteiger partial charge in [0.25, 0.3) is 10.0 Å². The lowest BCUT2D eigenvalue weighted by molar-refractivity contribution is 0.370. The fourth-order valence-electron chi connectivity index (χ4n) is 2.30. The number of nitrogens with one attached hydrogen (secondary N) is 1. The fraction of sp³-hybridized carbons (Fsp3) is 0.667. The zero-order chi connectivity index (χ0) is 14.8. The van der Waals surface area contributed by atoms with Crippen molar-refractivity contribution in [1.29, 1.82) is 0 Å². The molecule has 1 saturated heterocycles. The predicted molar refractivity (Wildman–Crippen MR) is 87.1 cm³/mol. The molecule has 1 aromatic rings. The van der Waals surface area contributed by atoms with Crippen LogP contribution in [0.4, 0.5) is 0 Å². The molecule has 0 bridgehead atoms. The summed E-state index contributed by atoms with van der Waals surface area (Å²) in [6.45, 7) is 4.03. The molecule has 8 heteroatoms. The minimum absolute atomic E-state index is 0.259. The van der Waals surface area contributed by atoms with E-state index in [4.69, 9.17) is 11.6 Å². The highest BCUT2D eigenvalue weighted by molar-refractivity contribution is 9.11. The maximum absolute atomic E-state index is 12.7. The summed E-state index contributed by atoms with van der Waals surface area (Å²) in [4.78, 5) is 0. The lowest BCUT2D eigenvalue weighted by atomic mass is 10.2. The molecular formula is C12H18BrClN2O2S2. The number of hydrogen-bond donors (Lipinski definition) is 1. The van der Waals surface area contributed by atoms with Gasteiger partial charge in [0.15, 0.2) is 0 Å². The summed E-state index contributed by atoms with van der Waals surface area (Å²) in [7, 11) is -3.45. The van der Waals surface area contributed by atoms with E-state index in [1.165, 1.54) is 17.4 Å². The second-order valence-corrected chi connectivity index (χ2v) is 9.79. The number of rotatable bonds is 6. The molecule has 1 aliphatic rings. The van der Waals surface area contributed by atoms with Gasteiger partial charge >= 0.3 is 0 Å². The predicted octanol–water partition coefficient (Wildman–Crippen LogP) is 3.32. The fourth-order valence-corrected chi connectivity index (χ4v) is 6.43. The number of sulfonamides is 1. The van der Waals surface area contributed by atoms with Crippen LogP contribution in [0, 0.1) is 0 Å². The van der Waals surface area contributed by atoms with E-state index in [0.717, 1.165) is 25.8 Å². The van der Waals surface area contributed by atoms with Crippen molar-refractivity contribution in [2.24, 2.45) is 0 Å². The van der Waals surface area contributed by atoms with E-state index in [-0.39, 0.29) is 6.04 Å². The Balaban J connectivity index is 2.21. The van der Waals surface area contributed by atoms with Crippen molar-refractivity contribution in [3.63, 3.8) is 0 Å². The van der Waals surface area contributed by atoms with E-state index in [0.29, 0.717) is 26.1 Å². The molecule has 0 radical (unpaired) electrons. The highest BCUT2D eigenvalue weighted by atomic mass is 79.9. The topological polar surface area (TPSA) is 49.4 Å². The third-order valence-corrected chi connectivity index (χ3v) is 8.07. The molecule has 1 N–H and O–H groups in total. The number of nitrogens with zero attached hydrogens (tertiary/aromatic N) is 1. The van der Waals surface area contributed by atoms with Gasteiger partial charge in [-0.15, -0.1) is 11.3 Å². The van der Waals surface area contributed by atoms with Crippen LogP contribution in [0.3, 0.4) is 0 Å². The summed E-state index contributed by atoms with van der Waals surface area (Å²) in [5.41, 5.74) is 0. The van der Waals surface area contributed by atoms with Gasteiger partial charge in [0.05, 0.1) is 8.81 Å². The zero-order valence-corrected chi connectivity index (χ0v) is 15.2. The number of hydrogen-bond acceptors (Lipinski definition) is 4. The first-order valence-electron chi connectivity index (χ1n) is 6.63. The summed E-state index contributed by atoms with van der Waals surface area (Å²) in [5, 5.41) is 3.80. The van der Waals surface area contributed by atoms with Crippen LogP contribution in [-0.2, 0) is 10.0 Å². The van der Waals surface area contributed by atoms with Gasteiger partial charge in [-0.3, -0.25) is 0 Å². The van der Waals surface area contributed by atoms with Crippen LogP contribution in [0.5, 0.6) is 0 Å². The van der Waals surface area contributed by atoms with E-state index in [1.54, 1.807) is 4.31 Å². The quantitative estimate of drug-likeness (QED) is 0.795. The largest absolute Gasteiger partial charge is 0.313 e. The van der Waals surface area contributed by atoms with Crippen LogP contribution in [0.25, 0.3) is 0 Å². The second kappa shape index (κ2) is 7.07. The Bertz CT molecular complexity index is 536. The van der Waals surface area contributed by atoms with Gasteiger partial charge in [0.2, 0.25) is 0 Å². The van der Waals surface area contributed by atoms with Gasteiger partial charge in [0, 0.05) is 19.1 Å². The van der Waals surface area contributed by atoms with Crippen LogP contribution < -0.4 is 5.32 Å². The molecule has 1 atom stereocenters. The Morgan fingerprint density at radius 1 is 1.60 bits per heavy atom. The van der Waals surface area contributed by atoms with Gasteiger partial charge in [-0.2, -0.15) is 4.31 Å². The van der Waals surface area contributed by atoms with E-state index >= 15 is 0 Å². The maximum Gasteiger partial charge on any atom is 0.252 e. The first-order chi connectivity index (χ1) is 9.45. The minimum Gasteiger partial charge on any atom is -0.313 e. The zero-order valence-electron chi connectivity index (χ0n) is 11.2. The molecule has 0 aromatic carbocycles. The summed E-state index contributed by atoms with van der Waals surface area (Å²) in [6.07, 6.45) is 2.94. The summed E-state index contributed by atoms with van der Waals surface area (Å²) in [5.74, 6) is 0. The third kappa shape index (κ3) is 3.75. The molecule has 114 valence electrons. The van der Waals surface area contributed by atoms with E-state index in [2.05, 4.69) is 21.2 Å². The smallest absolute Gasteiger partial charge is 0.252 e. The Kier molecular flexibility index (Phi) is 5.90. The van der Waals surface area contributed by atoms with Crippen LogP contribution >= 0.6 is 38.9 Å². The van der Waals surface area contributed by atoms with Crippen molar-refractivity contribution in [3.8, 4) is 0 Å². The average molecular weight is 402 g/mol. The lowest BCUT2D eigenvalue weighted by Gasteiger charge is -2.24. The van der Waals surface area contributed by atoms with Crippen LogP contribution in [0.2, 0.25) is 5.02 Å². The highest BCUT2D eigenvalue weighted by Gasteiger charge is 2.29. The van der Waals surface area contributed by atoms with Gasteiger partial charge < -0.3 is 5.32 Å². The molecular weight excluding hydrogens is 384 g/mol. The van der Waals surface area contributed by atoms with E-state index in [9.17, 15) is 8.42 Å². The van der Waals surface area contributed by atoms with Crippen molar-refractivity contribution >= 4 is 48.9 Å². The normalized spacial score (nSPS) is 19.9. The minimum atomic E-state index is -3.45. The molecule has 0 saturated carbocycles. The second-order valence-electron chi connectivity index (χ2n) is 4.84. The molecule has 2 heterocycles. The third-order valence-electron chi connectivity index (χ3n) is 3.28. The van der Waals surface area contributed by atoms with E-state index in [1.807, 2.05) is 6.92 Å². The molecule has 4 nitrogen and oxygen atoms in total. The van der Waals surface area contributed by atoms with Crippen LogP contribution in [0.15, 0.2) is 14.1 Å². The van der Waals surface area contributed by atoms with Crippen molar-refractivity contribution in [3.05, 3.63) is 14.9 Å². The molecule has 2 rings (SSSR count). The summed E-state index contributed by atoms with van der Waals surface area (Å²) >= 11 is 10.4. The molecule has 1 aromatic heterocycles. The molecule has 1 fully saturated rings. The summed E-state index contributed by atoms with van der Waals surface area (Å²) < 4.78 is 28.0. The highest BCUT2D eigenvalue weighted by Crippen LogP contribution is 2.36. The van der Waals surface area contributed by atoms with Crippen LogP contribution in [0.1, 0.15) is 26.2 Å². The van der Waals surface area contributed by atoms with Crippen molar-refractivity contribution < 1.29 is 8.42 Å². The molecule has 1 unspecified atom stereocenters. The summed E-state index contributed by atoms with van der Waals surface area (Å²) in [6, 6.07) is 1.78. The van der Waals surface area contributed by atoms with Crippen molar-refractivity contribution in [1.82, 2.24) is 9.62 Å². The first kappa shape index (κ1) is 16.7. The Morgan fingerprint density at radius 3 is 2.85 bits per heavy atom. The van der Waals surface area contributed by atoms with E-state index < -0.39 is 10.0 Å². The molecule has 0 spiro atoms.